The van der Waals surface area contributed by atoms with Crippen LogP contribution in [0.25, 0.3) is 6.08 Å². The van der Waals surface area contributed by atoms with Gasteiger partial charge < -0.3 is 19.1 Å². The predicted molar refractivity (Wildman–Crippen MR) is 118 cm³/mol. The summed E-state index contributed by atoms with van der Waals surface area (Å²) in [4.78, 5) is 30.3. The summed E-state index contributed by atoms with van der Waals surface area (Å²) in [7, 11) is 3.35. The number of nitrogens with zero attached hydrogens (tertiary/aromatic N) is 2. The van der Waals surface area contributed by atoms with E-state index in [-0.39, 0.29) is 17.5 Å². The molecular weight excluding hydrogens is 396 g/mol. The molecule has 0 radical (unpaired) electrons. The first kappa shape index (κ1) is 22.1. The molecule has 0 spiro atoms. The van der Waals surface area contributed by atoms with Crippen molar-refractivity contribution >= 4 is 23.9 Å². The van der Waals surface area contributed by atoms with Gasteiger partial charge >= 0.3 is 5.97 Å². The molecule has 0 fully saturated rings. The molecule has 1 unspecified atom stereocenters. The number of aryl methyl sites for hydroxylation is 1. The minimum Gasteiger partial charge on any atom is -0.490 e. The third-order valence-electron chi connectivity index (χ3n) is 4.66. The molecule has 31 heavy (non-hydrogen) atoms. The van der Waals surface area contributed by atoms with Crippen molar-refractivity contribution in [2.45, 2.75) is 26.9 Å². The van der Waals surface area contributed by atoms with Gasteiger partial charge in [0.1, 0.15) is 0 Å². The number of hydrogen-bond acceptors (Lipinski definition) is 6. The number of ether oxygens (including phenoxy) is 3. The van der Waals surface area contributed by atoms with Crippen molar-refractivity contribution in [1.82, 2.24) is 4.90 Å². The third kappa shape index (κ3) is 5.12. The summed E-state index contributed by atoms with van der Waals surface area (Å²) in [6.07, 6.45) is 0.971. The predicted octanol–water partition coefficient (Wildman–Crippen LogP) is 3.59. The molecule has 0 saturated carbocycles. The highest BCUT2D eigenvalue weighted by molar-refractivity contribution is 6.13. The molecule has 2 aromatic rings. The largest absolute Gasteiger partial charge is 0.490 e. The van der Waals surface area contributed by atoms with Gasteiger partial charge in [-0.2, -0.15) is 0 Å². The van der Waals surface area contributed by atoms with Gasteiger partial charge in [-0.25, -0.2) is 9.79 Å². The van der Waals surface area contributed by atoms with Crippen LogP contribution in [0.15, 0.2) is 53.2 Å². The molecule has 0 N–H and O–H groups in total. The van der Waals surface area contributed by atoms with Crippen LogP contribution in [0.4, 0.5) is 0 Å². The summed E-state index contributed by atoms with van der Waals surface area (Å²) in [5.74, 6) is 0.548. The zero-order valence-electron chi connectivity index (χ0n) is 18.3. The number of benzene rings is 2. The van der Waals surface area contributed by atoms with E-state index in [2.05, 4.69) is 4.99 Å². The van der Waals surface area contributed by atoms with E-state index in [1.807, 2.05) is 38.1 Å². The number of likely N-dealkylation sites (N-methyl/N-ethyl adjacent to an activating group) is 1. The van der Waals surface area contributed by atoms with Crippen LogP contribution in [0, 0.1) is 6.92 Å². The van der Waals surface area contributed by atoms with E-state index in [0.29, 0.717) is 23.7 Å². The van der Waals surface area contributed by atoms with E-state index in [9.17, 15) is 9.59 Å². The lowest BCUT2D eigenvalue weighted by atomic mass is 10.1. The summed E-state index contributed by atoms with van der Waals surface area (Å²) >= 11 is 0. The molecule has 3 rings (SSSR count). The fraction of sp³-hybridized carbons (Fsp3) is 0.292. The first-order valence-electron chi connectivity index (χ1n) is 10.0. The van der Waals surface area contributed by atoms with Gasteiger partial charge in [0.2, 0.25) is 5.90 Å². The van der Waals surface area contributed by atoms with Crippen molar-refractivity contribution < 1.29 is 23.8 Å². The number of hydrogen-bond donors (Lipinski definition) is 0. The van der Waals surface area contributed by atoms with Gasteiger partial charge in [0.15, 0.2) is 23.3 Å². The minimum absolute atomic E-state index is 0.152. The van der Waals surface area contributed by atoms with E-state index in [4.69, 9.17) is 14.2 Å². The fourth-order valence-electron chi connectivity index (χ4n) is 3.08. The second-order valence-corrected chi connectivity index (χ2v) is 7.28. The number of rotatable bonds is 7. The van der Waals surface area contributed by atoms with Crippen molar-refractivity contribution in [1.29, 1.82) is 0 Å². The Bertz CT molecular complexity index is 1060. The summed E-state index contributed by atoms with van der Waals surface area (Å²) in [6, 6.07) is 12.8. The highest BCUT2D eigenvalue weighted by Crippen LogP contribution is 2.31. The van der Waals surface area contributed by atoms with Crippen molar-refractivity contribution in [3.63, 3.8) is 0 Å². The normalized spacial score (nSPS) is 15.3. The zero-order chi connectivity index (χ0) is 22.5. The number of aliphatic imine (C=N–C) groups is 1. The maximum Gasteiger partial charge on any atom is 0.363 e. The Morgan fingerprint density at radius 2 is 1.94 bits per heavy atom. The monoisotopic (exact) mass is 422 g/mol. The average Bonchev–Trinajstić information content (AvgIpc) is 3.09. The van der Waals surface area contributed by atoms with Gasteiger partial charge in [-0.1, -0.05) is 24.3 Å². The minimum atomic E-state index is -0.663. The molecular formula is C24H26N2O5. The molecule has 7 heteroatoms. The van der Waals surface area contributed by atoms with Crippen LogP contribution in [0.5, 0.6) is 11.5 Å². The van der Waals surface area contributed by atoms with Gasteiger partial charge in [0, 0.05) is 19.7 Å². The number of cyclic esters (lactones) is 1. The van der Waals surface area contributed by atoms with Crippen LogP contribution in [-0.4, -0.2) is 49.5 Å². The van der Waals surface area contributed by atoms with Crippen LogP contribution >= 0.6 is 0 Å². The average molecular weight is 422 g/mol. The zero-order valence-corrected chi connectivity index (χ0v) is 18.3. The maximum absolute atomic E-state index is 12.3. The van der Waals surface area contributed by atoms with Gasteiger partial charge in [0.05, 0.1) is 6.61 Å². The van der Waals surface area contributed by atoms with Crippen molar-refractivity contribution in [2.24, 2.45) is 4.99 Å². The molecule has 162 valence electrons. The summed E-state index contributed by atoms with van der Waals surface area (Å²) in [5, 5.41) is 0. The molecule has 7 nitrogen and oxygen atoms in total. The number of amides is 1. The molecule has 1 aliphatic rings. The van der Waals surface area contributed by atoms with E-state index in [1.165, 1.54) is 4.90 Å². The Balaban J connectivity index is 1.88. The fourth-order valence-corrected chi connectivity index (χ4v) is 3.08. The molecule has 1 atom stereocenters. The van der Waals surface area contributed by atoms with Crippen molar-refractivity contribution in [3.8, 4) is 11.5 Å². The van der Waals surface area contributed by atoms with Crippen LogP contribution in [-0.2, 0) is 14.3 Å². The summed E-state index contributed by atoms with van der Waals surface area (Å²) in [5.41, 5.74) is 2.64. The van der Waals surface area contributed by atoms with Gasteiger partial charge in [-0.05, 0) is 56.2 Å². The molecule has 1 aliphatic heterocycles. The standard InChI is InChI=1S/C24H26N2O5/c1-6-29-21-14-17(11-12-20(21)30-16(3)23(27)26(4)5)13-19-24(28)31-22(25-19)18-10-8-7-9-15(18)2/h7-14,16H,6H2,1-5H3/b19-13+. The lowest BCUT2D eigenvalue weighted by Crippen LogP contribution is -2.35. The summed E-state index contributed by atoms with van der Waals surface area (Å²) in [6.45, 7) is 5.90. The summed E-state index contributed by atoms with van der Waals surface area (Å²) < 4.78 is 16.8. The molecule has 2 aromatic carbocycles. The number of esters is 1. The Kier molecular flexibility index (Phi) is 6.74. The van der Waals surface area contributed by atoms with Crippen LogP contribution in [0.1, 0.15) is 30.5 Å². The maximum atomic E-state index is 12.3. The van der Waals surface area contributed by atoms with Crippen LogP contribution < -0.4 is 9.47 Å². The molecule has 0 aliphatic carbocycles. The number of carbonyl (C=O) groups excluding carboxylic acids is 2. The SMILES string of the molecule is CCOc1cc(/C=C2/N=C(c3ccccc3C)OC2=O)ccc1OC(C)C(=O)N(C)C. The smallest absolute Gasteiger partial charge is 0.363 e. The van der Waals surface area contributed by atoms with Crippen molar-refractivity contribution in [3.05, 3.63) is 64.9 Å². The van der Waals surface area contributed by atoms with Crippen LogP contribution in [0.2, 0.25) is 0 Å². The first-order chi connectivity index (χ1) is 14.8. The second kappa shape index (κ2) is 9.47. The van der Waals surface area contributed by atoms with Crippen LogP contribution in [0.3, 0.4) is 0 Å². The second-order valence-electron chi connectivity index (χ2n) is 7.28. The van der Waals surface area contributed by atoms with E-state index < -0.39 is 12.1 Å². The molecule has 0 bridgehead atoms. The Morgan fingerprint density at radius 1 is 1.19 bits per heavy atom. The highest BCUT2D eigenvalue weighted by Gasteiger charge is 2.25. The first-order valence-corrected chi connectivity index (χ1v) is 10.0. The Hall–Kier alpha value is -3.61. The third-order valence-corrected chi connectivity index (χ3v) is 4.66. The topological polar surface area (TPSA) is 77.4 Å². The molecule has 1 amide bonds. The quantitative estimate of drug-likeness (QED) is 0.503. The van der Waals surface area contributed by atoms with E-state index in [1.54, 1.807) is 45.3 Å². The van der Waals surface area contributed by atoms with E-state index >= 15 is 0 Å². The lowest BCUT2D eigenvalue weighted by molar-refractivity contribution is -0.135. The van der Waals surface area contributed by atoms with E-state index in [0.717, 1.165) is 11.1 Å². The van der Waals surface area contributed by atoms with Gasteiger partial charge in [-0.3, -0.25) is 4.79 Å². The molecule has 0 aromatic heterocycles. The Labute approximate surface area is 181 Å². The van der Waals surface area contributed by atoms with Crippen molar-refractivity contribution in [2.75, 3.05) is 20.7 Å². The lowest BCUT2D eigenvalue weighted by Gasteiger charge is -2.20. The highest BCUT2D eigenvalue weighted by atomic mass is 16.6. The molecule has 1 heterocycles. The van der Waals surface area contributed by atoms with Gasteiger partial charge in [0.25, 0.3) is 5.91 Å². The Morgan fingerprint density at radius 3 is 2.61 bits per heavy atom. The molecule has 0 saturated heterocycles. The number of carbonyl (C=O) groups is 2. The van der Waals surface area contributed by atoms with Gasteiger partial charge in [-0.15, -0.1) is 0 Å².